The van der Waals surface area contributed by atoms with Crippen molar-refractivity contribution < 1.29 is 47.0 Å². The maximum absolute atomic E-state index is 11.6. The van der Waals surface area contributed by atoms with Crippen molar-refractivity contribution in [2.24, 2.45) is 0 Å². The van der Waals surface area contributed by atoms with Crippen molar-refractivity contribution in [1.29, 1.82) is 0 Å². The number of amides is 1. The van der Waals surface area contributed by atoms with E-state index in [1.807, 2.05) is 18.2 Å². The first-order valence-corrected chi connectivity index (χ1v) is 5.18. The van der Waals surface area contributed by atoms with Crippen LogP contribution in [-0.2, 0) is 59.2 Å². The van der Waals surface area contributed by atoms with Crippen LogP contribution in [0.2, 0.25) is 0 Å². The van der Waals surface area contributed by atoms with Gasteiger partial charge in [0.25, 0.3) is 0 Å². The van der Waals surface area contributed by atoms with Crippen molar-refractivity contribution in [2.45, 2.75) is 19.1 Å². The monoisotopic (exact) mass is 305 g/mol. The van der Waals surface area contributed by atoms with Gasteiger partial charge in [0.2, 0.25) is 0 Å². The van der Waals surface area contributed by atoms with Crippen LogP contribution >= 0.6 is 0 Å². The zero-order chi connectivity index (χ0) is 11.3. The maximum Gasteiger partial charge on any atom is 0.398 e. The Morgan fingerprint density at radius 1 is 1.47 bits per heavy atom. The molecule has 1 unspecified atom stereocenters. The molecule has 85 valence electrons. The molecule has 1 amide bonds. The molecule has 1 aromatic rings. The van der Waals surface area contributed by atoms with E-state index < -0.39 is 17.6 Å². The number of carbonyl (C=O) groups is 2. The molecule has 1 atom stereocenters. The molecule has 0 bridgehead atoms. The number of ether oxygens (including phenoxy) is 1. The number of nitrogens with zero attached hydrogens (tertiary/aromatic N) is 1. The Morgan fingerprint density at radius 3 is 3.00 bits per heavy atom. The van der Waals surface area contributed by atoms with Crippen LogP contribution in [0.25, 0.3) is 0 Å². The molecular weight excluding hydrogens is 295 g/mol. The molecule has 2 aliphatic heterocycles. The van der Waals surface area contributed by atoms with Crippen LogP contribution in [0.5, 0.6) is 0 Å². The standard InChI is InChI=1S/C12H10NO3.Y/c1-12-9-5-3-2-4-8(9)6-7-13(12)10(14)11(15)16-12;/h2-3,5H,6-7H2,1H3;/q-1;. The summed E-state index contributed by atoms with van der Waals surface area (Å²) in [5.74, 6) is -1.31. The molecule has 2 aliphatic rings. The van der Waals surface area contributed by atoms with E-state index in [9.17, 15) is 9.59 Å². The molecule has 0 saturated carbocycles. The van der Waals surface area contributed by atoms with Crippen LogP contribution in [0.1, 0.15) is 18.1 Å². The largest absolute Gasteiger partial charge is 0.438 e. The Hall–Kier alpha value is -0.736. The first-order chi connectivity index (χ1) is 7.63. The molecule has 5 heteroatoms. The van der Waals surface area contributed by atoms with Gasteiger partial charge in [-0.2, -0.15) is 29.8 Å². The van der Waals surface area contributed by atoms with Gasteiger partial charge in [-0.25, -0.2) is 4.79 Å². The van der Waals surface area contributed by atoms with Gasteiger partial charge in [0.15, 0.2) is 5.72 Å². The SMILES string of the molecule is CC12OC(=O)C(=O)N1CCc1[c-]cccc12.[Y]. The van der Waals surface area contributed by atoms with Gasteiger partial charge in [0.05, 0.1) is 0 Å². The third-order valence-electron chi connectivity index (χ3n) is 3.25. The van der Waals surface area contributed by atoms with Crippen LogP contribution in [0.3, 0.4) is 0 Å². The topological polar surface area (TPSA) is 46.6 Å². The summed E-state index contributed by atoms with van der Waals surface area (Å²) in [7, 11) is 0. The summed E-state index contributed by atoms with van der Waals surface area (Å²) in [4.78, 5) is 24.4. The first kappa shape index (κ1) is 12.7. The molecule has 3 rings (SSSR count). The van der Waals surface area contributed by atoms with Gasteiger partial charge in [-0.15, -0.1) is 0 Å². The second-order valence-electron chi connectivity index (χ2n) is 4.14. The molecular formula is C12H10NO3Y-. The van der Waals surface area contributed by atoms with Gasteiger partial charge in [-0.3, -0.25) is 4.79 Å². The van der Waals surface area contributed by atoms with Crippen molar-refractivity contribution in [3.8, 4) is 0 Å². The number of carbonyl (C=O) groups excluding carboxylic acids is 2. The van der Waals surface area contributed by atoms with Crippen molar-refractivity contribution in [3.63, 3.8) is 0 Å². The molecule has 0 N–H and O–H groups in total. The van der Waals surface area contributed by atoms with Gasteiger partial charge in [-0.1, -0.05) is 5.56 Å². The summed E-state index contributed by atoms with van der Waals surface area (Å²) in [6, 6.07) is 8.67. The maximum atomic E-state index is 11.6. The van der Waals surface area contributed by atoms with Crippen molar-refractivity contribution in [2.75, 3.05) is 6.54 Å². The van der Waals surface area contributed by atoms with Crippen LogP contribution < -0.4 is 0 Å². The normalized spacial score (nSPS) is 25.8. The van der Waals surface area contributed by atoms with E-state index in [1.165, 1.54) is 4.90 Å². The summed E-state index contributed by atoms with van der Waals surface area (Å²) in [6.45, 7) is 2.26. The average molecular weight is 305 g/mol. The Bertz CT molecular complexity index is 502. The van der Waals surface area contributed by atoms with Gasteiger partial charge in [-0.05, 0) is 13.3 Å². The minimum absolute atomic E-state index is 0. The minimum Gasteiger partial charge on any atom is -0.438 e. The van der Waals surface area contributed by atoms with Gasteiger partial charge in [0, 0.05) is 39.3 Å². The minimum atomic E-state index is -0.931. The Balaban J connectivity index is 0.00000108. The van der Waals surface area contributed by atoms with Gasteiger partial charge >= 0.3 is 11.9 Å². The Kier molecular flexibility index (Phi) is 3.12. The van der Waals surface area contributed by atoms with E-state index in [0.29, 0.717) is 13.0 Å². The van der Waals surface area contributed by atoms with Crippen molar-refractivity contribution in [1.82, 2.24) is 4.90 Å². The van der Waals surface area contributed by atoms with E-state index >= 15 is 0 Å². The smallest absolute Gasteiger partial charge is 0.398 e. The molecule has 4 nitrogen and oxygen atoms in total. The molecule has 1 fully saturated rings. The third kappa shape index (κ3) is 1.66. The summed E-state index contributed by atoms with van der Waals surface area (Å²) in [5, 5.41) is 0. The van der Waals surface area contributed by atoms with Crippen molar-refractivity contribution in [3.05, 3.63) is 35.4 Å². The fraction of sp³-hybridized carbons (Fsp3) is 0.333. The fourth-order valence-corrected chi connectivity index (χ4v) is 2.43. The van der Waals surface area contributed by atoms with E-state index in [-0.39, 0.29) is 32.7 Å². The predicted molar refractivity (Wildman–Crippen MR) is 54.1 cm³/mol. The molecule has 1 radical (unpaired) electrons. The summed E-state index contributed by atoms with van der Waals surface area (Å²) in [6.07, 6.45) is 0.716. The van der Waals surface area contributed by atoms with Crippen LogP contribution in [0.15, 0.2) is 18.2 Å². The number of benzene rings is 1. The van der Waals surface area contributed by atoms with E-state index in [1.54, 1.807) is 6.92 Å². The second kappa shape index (κ2) is 4.18. The first-order valence-electron chi connectivity index (χ1n) is 5.18. The Morgan fingerprint density at radius 2 is 2.24 bits per heavy atom. The zero-order valence-electron chi connectivity index (χ0n) is 9.40. The predicted octanol–water partition coefficient (Wildman–Crippen LogP) is 0.598. The third-order valence-corrected chi connectivity index (χ3v) is 3.25. The zero-order valence-corrected chi connectivity index (χ0v) is 12.2. The summed E-state index contributed by atoms with van der Waals surface area (Å²) in [5.41, 5.74) is 0.948. The molecule has 0 spiro atoms. The van der Waals surface area contributed by atoms with E-state index in [4.69, 9.17) is 4.74 Å². The second-order valence-corrected chi connectivity index (χ2v) is 4.14. The van der Waals surface area contributed by atoms with Crippen LogP contribution in [0, 0.1) is 6.07 Å². The molecule has 1 aromatic carbocycles. The molecule has 2 heterocycles. The number of hydrogen-bond acceptors (Lipinski definition) is 3. The Labute approximate surface area is 124 Å². The quantitative estimate of drug-likeness (QED) is 0.401. The number of hydrogen-bond donors (Lipinski definition) is 0. The molecule has 17 heavy (non-hydrogen) atoms. The number of fused-ring (bicyclic) bond motifs is 3. The van der Waals surface area contributed by atoms with Gasteiger partial charge < -0.3 is 9.64 Å². The summed E-state index contributed by atoms with van der Waals surface area (Å²) >= 11 is 0. The number of esters is 1. The molecule has 1 saturated heterocycles. The fourth-order valence-electron chi connectivity index (χ4n) is 2.43. The average Bonchev–Trinajstić information content (AvgIpc) is 2.51. The molecule has 0 aromatic heterocycles. The van der Waals surface area contributed by atoms with E-state index in [2.05, 4.69) is 6.07 Å². The van der Waals surface area contributed by atoms with E-state index in [0.717, 1.165) is 11.1 Å². The number of rotatable bonds is 0. The van der Waals surface area contributed by atoms with Crippen LogP contribution in [0.4, 0.5) is 0 Å². The van der Waals surface area contributed by atoms with Gasteiger partial charge in [0.1, 0.15) is 0 Å². The van der Waals surface area contributed by atoms with Crippen LogP contribution in [-0.4, -0.2) is 23.3 Å². The summed E-state index contributed by atoms with van der Waals surface area (Å²) < 4.78 is 5.21. The van der Waals surface area contributed by atoms with Crippen molar-refractivity contribution >= 4 is 11.9 Å². The molecule has 0 aliphatic carbocycles.